The van der Waals surface area contributed by atoms with Gasteiger partial charge in [0.1, 0.15) is 11.6 Å². The summed E-state index contributed by atoms with van der Waals surface area (Å²) in [4.78, 5) is 4.03. The second-order valence-electron chi connectivity index (χ2n) is 4.45. The smallest absolute Gasteiger partial charge is 0.141 e. The number of hydrogen-bond acceptors (Lipinski definition) is 2. The number of nitrogens with zero attached hydrogens (tertiary/aromatic N) is 1. The van der Waals surface area contributed by atoms with Crippen molar-refractivity contribution in [2.45, 2.75) is 19.4 Å². The monoisotopic (exact) mass is 262 g/mol. The van der Waals surface area contributed by atoms with Crippen LogP contribution in [-0.2, 0) is 6.42 Å². The molecule has 1 heterocycles. The lowest BCUT2D eigenvalue weighted by molar-refractivity contribution is 0.556. The highest BCUT2D eigenvalue weighted by molar-refractivity contribution is 5.16. The lowest BCUT2D eigenvalue weighted by Gasteiger charge is -2.13. The Morgan fingerprint density at radius 1 is 1.05 bits per heavy atom. The minimum Gasteiger partial charge on any atom is -0.309 e. The van der Waals surface area contributed by atoms with E-state index in [0.717, 1.165) is 24.2 Å². The van der Waals surface area contributed by atoms with Gasteiger partial charge in [-0.2, -0.15) is 0 Å². The molecule has 2 rings (SSSR count). The highest BCUT2D eigenvalue weighted by Crippen LogP contribution is 2.09. The van der Waals surface area contributed by atoms with Crippen molar-refractivity contribution in [1.82, 2.24) is 10.3 Å². The Bertz CT molecular complexity index is 509. The minimum absolute atomic E-state index is 0.0565. The van der Waals surface area contributed by atoms with E-state index in [1.54, 1.807) is 18.2 Å². The summed E-state index contributed by atoms with van der Waals surface area (Å²) in [5.41, 5.74) is 1.88. The zero-order valence-corrected chi connectivity index (χ0v) is 10.7. The van der Waals surface area contributed by atoms with Gasteiger partial charge in [-0.05, 0) is 49.7 Å². The van der Waals surface area contributed by atoms with E-state index in [1.807, 2.05) is 6.92 Å². The van der Waals surface area contributed by atoms with Crippen LogP contribution in [0.25, 0.3) is 0 Å². The molecule has 0 amide bonds. The molecule has 0 aliphatic heterocycles. The summed E-state index contributed by atoms with van der Waals surface area (Å²) < 4.78 is 25.5. The number of halogens is 2. The van der Waals surface area contributed by atoms with E-state index < -0.39 is 0 Å². The van der Waals surface area contributed by atoms with Crippen LogP contribution in [0.3, 0.4) is 0 Å². The molecule has 0 saturated heterocycles. The first-order chi connectivity index (χ1) is 9.15. The van der Waals surface area contributed by atoms with Gasteiger partial charge in [-0.25, -0.2) is 8.78 Å². The van der Waals surface area contributed by atoms with E-state index in [4.69, 9.17) is 0 Å². The zero-order chi connectivity index (χ0) is 13.7. The third-order valence-corrected chi connectivity index (χ3v) is 2.97. The van der Waals surface area contributed by atoms with Crippen molar-refractivity contribution in [3.63, 3.8) is 0 Å². The van der Waals surface area contributed by atoms with Crippen molar-refractivity contribution in [3.8, 4) is 0 Å². The fraction of sp³-hybridized carbons (Fsp3) is 0.267. The summed E-state index contributed by atoms with van der Waals surface area (Å²) >= 11 is 0. The Kier molecular flexibility index (Phi) is 4.58. The van der Waals surface area contributed by atoms with Gasteiger partial charge in [-0.15, -0.1) is 0 Å². The van der Waals surface area contributed by atoms with E-state index in [9.17, 15) is 8.78 Å². The van der Waals surface area contributed by atoms with Crippen LogP contribution in [0.2, 0.25) is 0 Å². The standard InChI is InChI=1S/C15H16F2N2/c1-11(15-7-6-14(17)10-19-15)18-9-8-12-2-4-13(16)5-3-12/h2-7,10-11,18H,8-9H2,1H3. The second kappa shape index (κ2) is 6.38. The largest absolute Gasteiger partial charge is 0.309 e. The van der Waals surface area contributed by atoms with Gasteiger partial charge in [0.15, 0.2) is 0 Å². The van der Waals surface area contributed by atoms with Crippen molar-refractivity contribution in [1.29, 1.82) is 0 Å². The van der Waals surface area contributed by atoms with Crippen molar-refractivity contribution in [2.75, 3.05) is 6.54 Å². The number of benzene rings is 1. The number of hydrogen-bond donors (Lipinski definition) is 1. The van der Waals surface area contributed by atoms with Gasteiger partial charge in [-0.3, -0.25) is 4.98 Å². The number of rotatable bonds is 5. The first kappa shape index (κ1) is 13.6. The molecule has 1 atom stereocenters. The Hall–Kier alpha value is -1.81. The van der Waals surface area contributed by atoms with Gasteiger partial charge in [0, 0.05) is 6.04 Å². The van der Waals surface area contributed by atoms with Gasteiger partial charge in [0.25, 0.3) is 0 Å². The summed E-state index contributed by atoms with van der Waals surface area (Å²) in [6, 6.07) is 9.60. The molecule has 1 aromatic carbocycles. The van der Waals surface area contributed by atoms with Gasteiger partial charge in [0.05, 0.1) is 11.9 Å². The summed E-state index contributed by atoms with van der Waals surface area (Å²) in [6.45, 7) is 2.73. The lowest BCUT2D eigenvalue weighted by atomic mass is 10.1. The van der Waals surface area contributed by atoms with Gasteiger partial charge in [0.2, 0.25) is 0 Å². The minimum atomic E-state index is -0.331. The molecule has 2 aromatic rings. The topological polar surface area (TPSA) is 24.9 Å². The maximum atomic E-state index is 12.7. The molecule has 0 radical (unpaired) electrons. The molecule has 2 nitrogen and oxygen atoms in total. The second-order valence-corrected chi connectivity index (χ2v) is 4.45. The van der Waals surface area contributed by atoms with Crippen LogP contribution in [0.5, 0.6) is 0 Å². The Morgan fingerprint density at radius 2 is 1.74 bits per heavy atom. The van der Waals surface area contributed by atoms with Crippen molar-refractivity contribution >= 4 is 0 Å². The molecule has 19 heavy (non-hydrogen) atoms. The first-order valence-electron chi connectivity index (χ1n) is 6.24. The summed E-state index contributed by atoms with van der Waals surface area (Å²) in [5, 5.41) is 3.30. The number of nitrogens with one attached hydrogen (secondary N) is 1. The van der Waals surface area contributed by atoms with E-state index in [-0.39, 0.29) is 17.7 Å². The summed E-state index contributed by atoms with van der Waals surface area (Å²) in [7, 11) is 0. The molecule has 100 valence electrons. The molecule has 1 unspecified atom stereocenters. The molecule has 0 aliphatic carbocycles. The third kappa shape index (κ3) is 4.10. The fourth-order valence-electron chi connectivity index (χ4n) is 1.83. The maximum absolute atomic E-state index is 12.7. The fourth-order valence-corrected chi connectivity index (χ4v) is 1.83. The third-order valence-electron chi connectivity index (χ3n) is 2.97. The zero-order valence-electron chi connectivity index (χ0n) is 10.7. The molecule has 0 spiro atoms. The molecular weight excluding hydrogens is 246 g/mol. The molecule has 0 fully saturated rings. The highest BCUT2D eigenvalue weighted by atomic mass is 19.1. The molecule has 0 saturated carbocycles. The van der Waals surface area contributed by atoms with Crippen LogP contribution in [0.1, 0.15) is 24.2 Å². The molecule has 0 bridgehead atoms. The average Bonchev–Trinajstić information content (AvgIpc) is 2.41. The summed E-state index contributed by atoms with van der Waals surface area (Å²) in [6.07, 6.45) is 2.03. The number of aromatic nitrogens is 1. The predicted octanol–water partition coefficient (Wildman–Crippen LogP) is 3.25. The SMILES string of the molecule is CC(NCCc1ccc(F)cc1)c1ccc(F)cn1. The van der Waals surface area contributed by atoms with E-state index in [0.29, 0.717) is 0 Å². The van der Waals surface area contributed by atoms with E-state index >= 15 is 0 Å². The van der Waals surface area contributed by atoms with Crippen LogP contribution in [0, 0.1) is 11.6 Å². The quantitative estimate of drug-likeness (QED) is 0.894. The lowest BCUT2D eigenvalue weighted by Crippen LogP contribution is -2.22. The predicted molar refractivity (Wildman–Crippen MR) is 70.7 cm³/mol. The molecular formula is C15H16F2N2. The summed E-state index contributed by atoms with van der Waals surface area (Å²) in [5.74, 6) is -0.553. The van der Waals surface area contributed by atoms with Crippen LogP contribution in [0.15, 0.2) is 42.6 Å². The molecule has 0 aliphatic rings. The first-order valence-corrected chi connectivity index (χ1v) is 6.24. The van der Waals surface area contributed by atoms with Crippen molar-refractivity contribution in [2.24, 2.45) is 0 Å². The molecule has 1 aromatic heterocycles. The van der Waals surface area contributed by atoms with Crippen molar-refractivity contribution in [3.05, 3.63) is 65.5 Å². The van der Waals surface area contributed by atoms with Gasteiger partial charge in [-0.1, -0.05) is 12.1 Å². The van der Waals surface area contributed by atoms with Crippen LogP contribution in [0.4, 0.5) is 8.78 Å². The van der Waals surface area contributed by atoms with Crippen molar-refractivity contribution < 1.29 is 8.78 Å². The Balaban J connectivity index is 1.82. The van der Waals surface area contributed by atoms with Gasteiger partial charge >= 0.3 is 0 Å². The highest BCUT2D eigenvalue weighted by Gasteiger charge is 2.06. The van der Waals surface area contributed by atoms with Crippen LogP contribution < -0.4 is 5.32 Å². The van der Waals surface area contributed by atoms with E-state index in [2.05, 4.69) is 10.3 Å². The molecule has 1 N–H and O–H groups in total. The van der Waals surface area contributed by atoms with Crippen LogP contribution >= 0.6 is 0 Å². The number of pyridine rings is 1. The maximum Gasteiger partial charge on any atom is 0.141 e. The average molecular weight is 262 g/mol. The Labute approximate surface area is 111 Å². The Morgan fingerprint density at radius 3 is 2.37 bits per heavy atom. The molecule has 4 heteroatoms. The van der Waals surface area contributed by atoms with Gasteiger partial charge < -0.3 is 5.32 Å². The van der Waals surface area contributed by atoms with Crippen LogP contribution in [-0.4, -0.2) is 11.5 Å². The normalized spacial score (nSPS) is 12.4. The van der Waals surface area contributed by atoms with E-state index in [1.165, 1.54) is 24.4 Å².